The minimum atomic E-state index is -0.916. The van der Waals surface area contributed by atoms with Gasteiger partial charge in [-0.2, -0.15) is 0 Å². The third-order valence-corrected chi connectivity index (χ3v) is 4.23. The minimum absolute atomic E-state index is 0.136. The molecule has 7 heteroatoms. The van der Waals surface area contributed by atoms with E-state index in [2.05, 4.69) is 5.32 Å². The van der Waals surface area contributed by atoms with Gasteiger partial charge in [0.05, 0.1) is 17.5 Å². The lowest BCUT2D eigenvalue weighted by molar-refractivity contribution is 0.0319. The Hall–Kier alpha value is -2.08. The molecule has 2 atom stereocenters. The number of ether oxygens (including phenoxy) is 1. The van der Waals surface area contributed by atoms with Crippen molar-refractivity contribution in [1.29, 1.82) is 0 Å². The fourth-order valence-corrected chi connectivity index (χ4v) is 2.38. The van der Waals surface area contributed by atoms with Crippen molar-refractivity contribution in [3.05, 3.63) is 64.7 Å². The lowest BCUT2D eigenvalue weighted by atomic mass is 10.1. The first-order chi connectivity index (χ1) is 12.4. The number of carbonyl (C=O) groups is 2. The summed E-state index contributed by atoms with van der Waals surface area (Å²) in [6, 6.07) is 12.9. The molecule has 2 rings (SSSR count). The van der Waals surface area contributed by atoms with Crippen LogP contribution in [0, 0.1) is 0 Å². The standard InChI is InChI=1S/C19H19Cl2NO4/c1-12(18(24)13-2-6-15(21)7-3-13)26-19(25)14-4-8-16(9-5-14)22-11-17(23)10-20/h2-9,12,17,22-23H,10-11H2,1H3. The number of hydrogen-bond acceptors (Lipinski definition) is 5. The van der Waals surface area contributed by atoms with Gasteiger partial charge in [0.1, 0.15) is 0 Å². The zero-order chi connectivity index (χ0) is 19.1. The molecule has 26 heavy (non-hydrogen) atoms. The van der Waals surface area contributed by atoms with Crippen LogP contribution < -0.4 is 5.32 Å². The van der Waals surface area contributed by atoms with Crippen LogP contribution in [0.4, 0.5) is 5.69 Å². The third-order valence-electron chi connectivity index (χ3n) is 3.62. The molecule has 0 fully saturated rings. The largest absolute Gasteiger partial charge is 0.451 e. The Balaban J connectivity index is 1.94. The quantitative estimate of drug-likeness (QED) is 0.404. The molecule has 2 aromatic carbocycles. The number of rotatable bonds is 8. The maximum Gasteiger partial charge on any atom is 0.338 e. The minimum Gasteiger partial charge on any atom is -0.451 e. The molecule has 0 radical (unpaired) electrons. The SMILES string of the molecule is CC(OC(=O)c1ccc(NCC(O)CCl)cc1)C(=O)c1ccc(Cl)cc1. The third kappa shape index (κ3) is 5.73. The first-order valence-electron chi connectivity index (χ1n) is 7.99. The molecule has 0 aliphatic carbocycles. The molecular weight excluding hydrogens is 377 g/mol. The molecule has 0 spiro atoms. The van der Waals surface area contributed by atoms with Gasteiger partial charge in [0.15, 0.2) is 6.10 Å². The van der Waals surface area contributed by atoms with E-state index in [1.54, 1.807) is 48.5 Å². The van der Waals surface area contributed by atoms with Crippen LogP contribution in [0.3, 0.4) is 0 Å². The summed E-state index contributed by atoms with van der Waals surface area (Å²) < 4.78 is 5.24. The first-order valence-corrected chi connectivity index (χ1v) is 8.90. The highest BCUT2D eigenvalue weighted by Gasteiger charge is 2.20. The van der Waals surface area contributed by atoms with Gasteiger partial charge in [-0.15, -0.1) is 11.6 Å². The number of aliphatic hydroxyl groups excluding tert-OH is 1. The van der Waals surface area contributed by atoms with Crippen molar-refractivity contribution in [3.8, 4) is 0 Å². The molecule has 0 aromatic heterocycles. The van der Waals surface area contributed by atoms with E-state index in [-0.39, 0.29) is 11.7 Å². The van der Waals surface area contributed by atoms with Crippen LogP contribution in [0.15, 0.2) is 48.5 Å². The summed E-state index contributed by atoms with van der Waals surface area (Å²) in [5.74, 6) is -0.757. The van der Waals surface area contributed by atoms with Gasteiger partial charge in [0.25, 0.3) is 0 Å². The van der Waals surface area contributed by atoms with Crippen molar-refractivity contribution in [1.82, 2.24) is 0 Å². The van der Waals surface area contributed by atoms with E-state index in [9.17, 15) is 14.7 Å². The molecule has 0 bridgehead atoms. The summed E-state index contributed by atoms with van der Waals surface area (Å²) in [6.07, 6.45) is -1.57. The first kappa shape index (κ1) is 20.2. The summed E-state index contributed by atoms with van der Waals surface area (Å²) in [5.41, 5.74) is 1.48. The molecule has 0 saturated carbocycles. The second-order valence-corrected chi connectivity index (χ2v) is 6.43. The van der Waals surface area contributed by atoms with E-state index in [1.165, 1.54) is 6.92 Å². The topological polar surface area (TPSA) is 75.6 Å². The van der Waals surface area contributed by atoms with Gasteiger partial charge in [-0.25, -0.2) is 4.79 Å². The summed E-state index contributed by atoms with van der Waals surface area (Å²) in [5, 5.41) is 12.9. The number of nitrogens with one attached hydrogen (secondary N) is 1. The Morgan fingerprint density at radius 3 is 2.23 bits per heavy atom. The van der Waals surface area contributed by atoms with Crippen LogP contribution in [-0.4, -0.2) is 41.5 Å². The summed E-state index contributed by atoms with van der Waals surface area (Å²) in [7, 11) is 0. The second kappa shape index (κ2) is 9.57. The Morgan fingerprint density at radius 1 is 1.08 bits per heavy atom. The monoisotopic (exact) mass is 395 g/mol. The lowest BCUT2D eigenvalue weighted by Gasteiger charge is -2.13. The van der Waals surface area contributed by atoms with Crippen molar-refractivity contribution in [3.63, 3.8) is 0 Å². The van der Waals surface area contributed by atoms with Crippen molar-refractivity contribution in [2.24, 2.45) is 0 Å². The Bertz CT molecular complexity index is 747. The van der Waals surface area contributed by atoms with Gasteiger partial charge in [-0.05, 0) is 55.5 Å². The fourth-order valence-electron chi connectivity index (χ4n) is 2.15. The van der Waals surface area contributed by atoms with E-state index in [0.717, 1.165) is 5.69 Å². The molecule has 0 aliphatic heterocycles. The zero-order valence-electron chi connectivity index (χ0n) is 14.1. The highest BCUT2D eigenvalue weighted by Crippen LogP contribution is 2.15. The van der Waals surface area contributed by atoms with Crippen molar-refractivity contribution >= 4 is 40.6 Å². The van der Waals surface area contributed by atoms with Crippen LogP contribution >= 0.6 is 23.2 Å². The summed E-state index contributed by atoms with van der Waals surface area (Å²) >= 11 is 11.3. The summed E-state index contributed by atoms with van der Waals surface area (Å²) in [4.78, 5) is 24.5. The van der Waals surface area contributed by atoms with Crippen LogP contribution in [0.25, 0.3) is 0 Å². The molecule has 0 heterocycles. The van der Waals surface area contributed by atoms with Crippen LogP contribution in [0.5, 0.6) is 0 Å². The molecule has 0 saturated heterocycles. The van der Waals surface area contributed by atoms with E-state index < -0.39 is 18.2 Å². The number of esters is 1. The van der Waals surface area contributed by atoms with Gasteiger partial charge in [-0.1, -0.05) is 11.6 Å². The van der Waals surface area contributed by atoms with Crippen molar-refractivity contribution < 1.29 is 19.4 Å². The number of hydrogen-bond donors (Lipinski definition) is 2. The molecule has 2 unspecified atom stereocenters. The van der Waals surface area contributed by atoms with E-state index in [4.69, 9.17) is 27.9 Å². The number of aliphatic hydroxyl groups is 1. The Morgan fingerprint density at radius 2 is 1.65 bits per heavy atom. The van der Waals surface area contributed by atoms with E-state index in [1.807, 2.05) is 0 Å². The Labute approximate surface area is 161 Å². The maximum absolute atomic E-state index is 12.3. The maximum atomic E-state index is 12.3. The number of Topliss-reactive ketones (excluding diaryl/α,β-unsaturated/α-hetero) is 1. The average Bonchev–Trinajstić information content (AvgIpc) is 2.66. The van der Waals surface area contributed by atoms with E-state index >= 15 is 0 Å². The Kier molecular flexibility index (Phi) is 7.45. The number of ketones is 1. The molecule has 138 valence electrons. The second-order valence-electron chi connectivity index (χ2n) is 5.69. The highest BCUT2D eigenvalue weighted by molar-refractivity contribution is 6.30. The van der Waals surface area contributed by atoms with Gasteiger partial charge in [-0.3, -0.25) is 4.79 Å². The number of anilines is 1. The fraction of sp³-hybridized carbons (Fsp3) is 0.263. The van der Waals surface area contributed by atoms with Crippen molar-refractivity contribution in [2.45, 2.75) is 19.1 Å². The smallest absolute Gasteiger partial charge is 0.338 e. The van der Waals surface area contributed by atoms with Gasteiger partial charge in [0, 0.05) is 22.8 Å². The lowest BCUT2D eigenvalue weighted by Crippen LogP contribution is -2.24. The molecule has 2 N–H and O–H groups in total. The van der Waals surface area contributed by atoms with Gasteiger partial charge in [0.2, 0.25) is 5.78 Å². The normalized spacial score (nSPS) is 12.9. The predicted molar refractivity (Wildman–Crippen MR) is 102 cm³/mol. The van der Waals surface area contributed by atoms with Gasteiger partial charge < -0.3 is 15.2 Å². The number of alkyl halides is 1. The van der Waals surface area contributed by atoms with Crippen molar-refractivity contribution in [2.75, 3.05) is 17.7 Å². The van der Waals surface area contributed by atoms with Crippen LogP contribution in [0.1, 0.15) is 27.6 Å². The number of carbonyl (C=O) groups excluding carboxylic acids is 2. The molecule has 0 aliphatic rings. The average molecular weight is 396 g/mol. The molecule has 2 aromatic rings. The molecular formula is C19H19Cl2NO4. The van der Waals surface area contributed by atoms with Crippen LogP contribution in [-0.2, 0) is 4.74 Å². The van der Waals surface area contributed by atoms with Gasteiger partial charge >= 0.3 is 5.97 Å². The zero-order valence-corrected chi connectivity index (χ0v) is 15.6. The molecule has 0 amide bonds. The number of halogens is 2. The highest BCUT2D eigenvalue weighted by atomic mass is 35.5. The predicted octanol–water partition coefficient (Wildman–Crippen LogP) is 3.78. The van der Waals surface area contributed by atoms with Crippen LogP contribution in [0.2, 0.25) is 5.02 Å². The van der Waals surface area contributed by atoms with E-state index in [0.29, 0.717) is 22.7 Å². The number of benzene rings is 2. The molecule has 5 nitrogen and oxygen atoms in total. The summed E-state index contributed by atoms with van der Waals surface area (Å²) in [6.45, 7) is 1.83.